The van der Waals surface area contributed by atoms with Crippen LogP contribution in [0.5, 0.6) is 0 Å². The van der Waals surface area contributed by atoms with Gasteiger partial charge in [0.15, 0.2) is 11.8 Å². The summed E-state index contributed by atoms with van der Waals surface area (Å²) in [4.78, 5) is 37.8. The fraction of sp³-hybridized carbons (Fsp3) is 0.471. The van der Waals surface area contributed by atoms with Crippen LogP contribution in [0, 0.1) is 0 Å². The number of likely N-dealkylation sites (tertiary alicyclic amines) is 1. The van der Waals surface area contributed by atoms with E-state index in [2.05, 4.69) is 0 Å². The number of nitrogens with two attached hydrogens (primary N) is 1. The molecule has 0 radical (unpaired) electrons. The summed E-state index contributed by atoms with van der Waals surface area (Å²) in [6, 6.07) is 8.60. The van der Waals surface area contributed by atoms with Crippen LogP contribution in [0.3, 0.4) is 0 Å². The third kappa shape index (κ3) is 3.42. The molecule has 1 saturated heterocycles. The number of esters is 1. The number of hydrogen-bond acceptors (Lipinski definition) is 5. The number of carbonyl (C=O) groups is 3. The van der Waals surface area contributed by atoms with Crippen molar-refractivity contribution in [2.75, 3.05) is 13.2 Å². The molecule has 1 amide bonds. The third-order valence-corrected chi connectivity index (χ3v) is 4.13. The Hall–Kier alpha value is -2.21. The standard InChI is InChI=1S/C17H22N2O4/c1-2-23-16(22)17(12-20)9-6-10-19(17)15(21)14(18)11-13-7-4-3-5-8-13/h3-5,7-8,12,14H,2,6,9-11,18H2,1H3/t14-,17+/m1/s1. The number of hydrogen-bond donors (Lipinski definition) is 1. The Balaban J connectivity index is 2.16. The second-order valence-electron chi connectivity index (χ2n) is 5.65. The first-order valence-electron chi connectivity index (χ1n) is 7.79. The Bertz CT molecular complexity index is 575. The van der Waals surface area contributed by atoms with Crippen LogP contribution < -0.4 is 5.73 Å². The first-order chi connectivity index (χ1) is 11.0. The van der Waals surface area contributed by atoms with Crippen LogP contribution >= 0.6 is 0 Å². The fourth-order valence-corrected chi connectivity index (χ4v) is 2.94. The van der Waals surface area contributed by atoms with E-state index in [-0.39, 0.29) is 13.0 Å². The minimum absolute atomic E-state index is 0.159. The molecule has 1 aromatic rings. The minimum atomic E-state index is -1.53. The first-order valence-corrected chi connectivity index (χ1v) is 7.79. The molecular weight excluding hydrogens is 296 g/mol. The van der Waals surface area contributed by atoms with Gasteiger partial charge < -0.3 is 20.2 Å². The van der Waals surface area contributed by atoms with Crippen LogP contribution in [0.1, 0.15) is 25.3 Å². The summed E-state index contributed by atoms with van der Waals surface area (Å²) in [5, 5.41) is 0. The molecule has 0 saturated carbocycles. The number of ether oxygens (including phenoxy) is 1. The van der Waals surface area contributed by atoms with E-state index in [0.717, 1.165) is 5.56 Å². The smallest absolute Gasteiger partial charge is 0.339 e. The van der Waals surface area contributed by atoms with E-state index in [0.29, 0.717) is 25.7 Å². The highest BCUT2D eigenvalue weighted by Gasteiger charge is 2.51. The van der Waals surface area contributed by atoms with Gasteiger partial charge >= 0.3 is 5.97 Å². The molecule has 2 atom stereocenters. The van der Waals surface area contributed by atoms with Gasteiger partial charge in [-0.2, -0.15) is 0 Å². The molecule has 1 aliphatic heterocycles. The van der Waals surface area contributed by atoms with Gasteiger partial charge in [-0.25, -0.2) is 4.79 Å². The molecule has 0 bridgehead atoms. The number of benzene rings is 1. The largest absolute Gasteiger partial charge is 0.464 e. The molecule has 0 spiro atoms. The molecule has 124 valence electrons. The van der Waals surface area contributed by atoms with E-state index in [1.807, 2.05) is 30.3 Å². The summed E-state index contributed by atoms with van der Waals surface area (Å²) < 4.78 is 4.99. The molecule has 6 nitrogen and oxygen atoms in total. The van der Waals surface area contributed by atoms with Crippen molar-refractivity contribution < 1.29 is 19.1 Å². The van der Waals surface area contributed by atoms with Crippen LogP contribution in [-0.4, -0.2) is 47.8 Å². The van der Waals surface area contributed by atoms with E-state index in [9.17, 15) is 14.4 Å². The lowest BCUT2D eigenvalue weighted by molar-refractivity contribution is -0.163. The van der Waals surface area contributed by atoms with Crippen LogP contribution in [0.4, 0.5) is 0 Å². The highest BCUT2D eigenvalue weighted by Crippen LogP contribution is 2.30. The van der Waals surface area contributed by atoms with Crippen molar-refractivity contribution in [3.05, 3.63) is 35.9 Å². The first kappa shape index (κ1) is 17.1. The van der Waals surface area contributed by atoms with Crippen LogP contribution in [0.25, 0.3) is 0 Å². The molecular formula is C17H22N2O4. The minimum Gasteiger partial charge on any atom is -0.464 e. The Morgan fingerprint density at radius 2 is 2.09 bits per heavy atom. The maximum Gasteiger partial charge on any atom is 0.339 e. The normalized spacial score (nSPS) is 21.7. The highest BCUT2D eigenvalue weighted by molar-refractivity contribution is 6.03. The van der Waals surface area contributed by atoms with Gasteiger partial charge in [0.05, 0.1) is 12.6 Å². The molecule has 2 rings (SSSR count). The molecule has 6 heteroatoms. The lowest BCUT2D eigenvalue weighted by Crippen LogP contribution is -2.59. The zero-order chi connectivity index (χ0) is 16.9. The molecule has 23 heavy (non-hydrogen) atoms. The Labute approximate surface area is 135 Å². The second kappa shape index (κ2) is 7.37. The van der Waals surface area contributed by atoms with Gasteiger partial charge in [0, 0.05) is 6.54 Å². The number of carbonyl (C=O) groups excluding carboxylic acids is 3. The Morgan fingerprint density at radius 1 is 1.39 bits per heavy atom. The third-order valence-electron chi connectivity index (χ3n) is 4.13. The van der Waals surface area contributed by atoms with Gasteiger partial charge in [0.2, 0.25) is 5.91 Å². The number of aldehydes is 1. The van der Waals surface area contributed by atoms with Crippen molar-refractivity contribution >= 4 is 18.2 Å². The van der Waals surface area contributed by atoms with Crippen LogP contribution in [0.15, 0.2) is 30.3 Å². The maximum atomic E-state index is 12.7. The maximum absolute atomic E-state index is 12.7. The lowest BCUT2D eigenvalue weighted by Gasteiger charge is -2.33. The van der Waals surface area contributed by atoms with Gasteiger partial charge in [0.1, 0.15) is 0 Å². The lowest BCUT2D eigenvalue weighted by atomic mass is 9.96. The van der Waals surface area contributed by atoms with Gasteiger partial charge in [0.25, 0.3) is 0 Å². The Kier molecular flexibility index (Phi) is 5.50. The van der Waals surface area contributed by atoms with Gasteiger partial charge in [-0.3, -0.25) is 4.79 Å². The monoisotopic (exact) mass is 318 g/mol. The van der Waals surface area contributed by atoms with Gasteiger partial charge in [-0.05, 0) is 31.7 Å². The number of amides is 1. The average Bonchev–Trinajstić information content (AvgIpc) is 3.00. The number of rotatable bonds is 6. The van der Waals surface area contributed by atoms with E-state index in [4.69, 9.17) is 10.5 Å². The van der Waals surface area contributed by atoms with Crippen molar-refractivity contribution in [3.63, 3.8) is 0 Å². The summed E-state index contributed by atoms with van der Waals surface area (Å²) in [6.45, 7) is 2.16. The molecule has 1 aliphatic rings. The zero-order valence-corrected chi connectivity index (χ0v) is 13.2. The predicted octanol–water partition coefficient (Wildman–Crippen LogP) is 0.680. The van der Waals surface area contributed by atoms with Crippen molar-refractivity contribution in [3.8, 4) is 0 Å². The van der Waals surface area contributed by atoms with Crippen molar-refractivity contribution in [2.24, 2.45) is 5.73 Å². The molecule has 0 aromatic heterocycles. The van der Waals surface area contributed by atoms with E-state index < -0.39 is 23.5 Å². The summed E-state index contributed by atoms with van der Waals surface area (Å²) in [5.74, 6) is -1.07. The topological polar surface area (TPSA) is 89.7 Å². The summed E-state index contributed by atoms with van der Waals surface area (Å²) in [6.07, 6.45) is 1.72. The summed E-state index contributed by atoms with van der Waals surface area (Å²) in [7, 11) is 0. The Morgan fingerprint density at radius 3 is 2.70 bits per heavy atom. The quantitative estimate of drug-likeness (QED) is 0.473. The van der Waals surface area contributed by atoms with Gasteiger partial charge in [-0.15, -0.1) is 0 Å². The molecule has 2 N–H and O–H groups in total. The summed E-state index contributed by atoms with van der Waals surface area (Å²) in [5.41, 5.74) is 5.42. The van der Waals surface area contributed by atoms with Crippen LogP contribution in [-0.2, 0) is 25.5 Å². The average molecular weight is 318 g/mol. The number of nitrogens with zero attached hydrogens (tertiary/aromatic N) is 1. The highest BCUT2D eigenvalue weighted by atomic mass is 16.5. The van der Waals surface area contributed by atoms with E-state index >= 15 is 0 Å². The van der Waals surface area contributed by atoms with E-state index in [1.54, 1.807) is 6.92 Å². The molecule has 0 unspecified atom stereocenters. The van der Waals surface area contributed by atoms with E-state index in [1.165, 1.54) is 4.90 Å². The van der Waals surface area contributed by atoms with Crippen molar-refractivity contribution in [1.29, 1.82) is 0 Å². The predicted molar refractivity (Wildman–Crippen MR) is 84.5 cm³/mol. The van der Waals surface area contributed by atoms with Crippen molar-refractivity contribution in [1.82, 2.24) is 4.90 Å². The van der Waals surface area contributed by atoms with Gasteiger partial charge in [-0.1, -0.05) is 30.3 Å². The molecule has 1 aromatic carbocycles. The molecule has 1 fully saturated rings. The molecule has 0 aliphatic carbocycles. The molecule has 1 heterocycles. The summed E-state index contributed by atoms with van der Waals surface area (Å²) >= 11 is 0. The second-order valence-corrected chi connectivity index (χ2v) is 5.65. The van der Waals surface area contributed by atoms with Crippen molar-refractivity contribution in [2.45, 2.75) is 37.8 Å². The SMILES string of the molecule is CCOC(=O)[C@@]1(C=O)CCCN1C(=O)[C@H](N)Cc1ccccc1. The van der Waals surface area contributed by atoms with Crippen LogP contribution in [0.2, 0.25) is 0 Å². The zero-order valence-electron chi connectivity index (χ0n) is 13.2. The fourth-order valence-electron chi connectivity index (χ4n) is 2.94.